The van der Waals surface area contributed by atoms with Crippen molar-refractivity contribution in [1.29, 1.82) is 0 Å². The van der Waals surface area contributed by atoms with Crippen LogP contribution in [0.5, 0.6) is 0 Å². The molecule has 0 spiro atoms. The number of halogens is 2. The van der Waals surface area contributed by atoms with Gasteiger partial charge in [-0.25, -0.2) is 4.68 Å². The lowest BCUT2D eigenvalue weighted by atomic mass is 10.3. The van der Waals surface area contributed by atoms with Crippen LogP contribution >= 0.6 is 23.2 Å². The van der Waals surface area contributed by atoms with Crippen LogP contribution in [0.1, 0.15) is 11.3 Å². The molecule has 0 bridgehead atoms. The summed E-state index contributed by atoms with van der Waals surface area (Å²) in [6.07, 6.45) is 1.49. The van der Waals surface area contributed by atoms with E-state index < -0.39 is 0 Å². The Bertz CT molecular complexity index is 942. The van der Waals surface area contributed by atoms with Crippen LogP contribution < -0.4 is 11.0 Å². The summed E-state index contributed by atoms with van der Waals surface area (Å²) in [5.74, 6) is 0. The first-order chi connectivity index (χ1) is 11.5. The summed E-state index contributed by atoms with van der Waals surface area (Å²) < 4.78 is 1.45. The maximum absolute atomic E-state index is 12.5. The van der Waals surface area contributed by atoms with Crippen LogP contribution in [-0.2, 0) is 0 Å². The first-order valence-electron chi connectivity index (χ1n) is 7.17. The summed E-state index contributed by atoms with van der Waals surface area (Å²) >= 11 is 11.8. The van der Waals surface area contributed by atoms with Crippen molar-refractivity contribution < 1.29 is 0 Å². The summed E-state index contributed by atoms with van der Waals surface area (Å²) in [5.41, 5.74) is 5.29. The van der Waals surface area contributed by atoms with E-state index in [-0.39, 0.29) is 5.56 Å². The maximum atomic E-state index is 12.5. The predicted molar refractivity (Wildman–Crippen MR) is 98.8 cm³/mol. The van der Waals surface area contributed by atoms with E-state index in [0.717, 1.165) is 5.69 Å². The van der Waals surface area contributed by atoms with Crippen molar-refractivity contribution in [2.75, 3.05) is 5.43 Å². The van der Waals surface area contributed by atoms with Gasteiger partial charge in [0, 0.05) is 15.7 Å². The monoisotopic (exact) mass is 360 g/mol. The fourth-order valence-corrected chi connectivity index (χ4v) is 2.53. The van der Waals surface area contributed by atoms with E-state index in [0.29, 0.717) is 27.0 Å². The van der Waals surface area contributed by atoms with E-state index in [1.807, 2.05) is 19.1 Å². The van der Waals surface area contributed by atoms with Crippen LogP contribution in [0.2, 0.25) is 10.0 Å². The maximum Gasteiger partial charge on any atom is 0.280 e. The van der Waals surface area contributed by atoms with Crippen molar-refractivity contribution in [2.45, 2.75) is 6.92 Å². The Balaban J connectivity index is 1.85. The highest BCUT2D eigenvalue weighted by Gasteiger charge is 2.10. The van der Waals surface area contributed by atoms with E-state index in [1.54, 1.807) is 36.4 Å². The van der Waals surface area contributed by atoms with Crippen LogP contribution in [-0.4, -0.2) is 16.0 Å². The molecule has 0 aliphatic carbocycles. The molecule has 0 saturated heterocycles. The molecule has 5 nitrogen and oxygen atoms in total. The van der Waals surface area contributed by atoms with E-state index in [2.05, 4.69) is 15.6 Å². The molecule has 24 heavy (non-hydrogen) atoms. The molecule has 7 heteroatoms. The molecule has 3 aromatic rings. The first-order valence-corrected chi connectivity index (χ1v) is 7.92. The van der Waals surface area contributed by atoms with Crippen LogP contribution in [0.3, 0.4) is 0 Å². The molecule has 0 aliphatic rings. The fraction of sp³-hybridized carbons (Fsp3) is 0.0588. The number of H-pyrrole nitrogens is 1. The Morgan fingerprint density at radius 2 is 1.88 bits per heavy atom. The van der Waals surface area contributed by atoms with Gasteiger partial charge in [-0.1, -0.05) is 29.3 Å². The van der Waals surface area contributed by atoms with Crippen LogP contribution in [0.4, 0.5) is 5.69 Å². The van der Waals surface area contributed by atoms with Gasteiger partial charge in [0.25, 0.3) is 5.56 Å². The molecule has 1 aromatic heterocycles. The van der Waals surface area contributed by atoms with Crippen molar-refractivity contribution in [1.82, 2.24) is 9.78 Å². The standard InChI is InChI=1S/C17H14Cl2N4O/c1-11-16(10-20-21-14-4-2-3-13(19)9-14)17(24)23(22-11)15-7-5-12(18)6-8-15/h2-10,21-22H,1H3/b20-10-. The van der Waals surface area contributed by atoms with E-state index in [9.17, 15) is 4.79 Å². The number of hydrogen-bond donors (Lipinski definition) is 2. The lowest BCUT2D eigenvalue weighted by Crippen LogP contribution is -2.17. The van der Waals surface area contributed by atoms with Crippen molar-refractivity contribution in [3.05, 3.63) is 80.2 Å². The molecule has 2 N–H and O–H groups in total. The molecule has 2 aromatic carbocycles. The second-order valence-corrected chi connectivity index (χ2v) is 6.02. The second kappa shape index (κ2) is 6.95. The average molecular weight is 361 g/mol. The molecule has 3 rings (SSSR count). The SMILES string of the molecule is Cc1[nH]n(-c2ccc(Cl)cc2)c(=O)c1/C=N\Nc1cccc(Cl)c1. The normalized spacial score (nSPS) is 11.1. The summed E-state index contributed by atoms with van der Waals surface area (Å²) in [7, 11) is 0. The van der Waals surface area contributed by atoms with Gasteiger partial charge in [0.05, 0.1) is 23.2 Å². The average Bonchev–Trinajstić information content (AvgIpc) is 2.84. The number of nitrogens with zero attached hydrogens (tertiary/aromatic N) is 2. The van der Waals surface area contributed by atoms with Gasteiger partial charge in [-0.2, -0.15) is 5.10 Å². The number of hydrazone groups is 1. The fourth-order valence-electron chi connectivity index (χ4n) is 2.21. The van der Waals surface area contributed by atoms with Gasteiger partial charge in [0.1, 0.15) is 0 Å². The minimum atomic E-state index is -0.188. The van der Waals surface area contributed by atoms with Gasteiger partial charge in [0.2, 0.25) is 0 Å². The molecule has 0 radical (unpaired) electrons. The van der Waals surface area contributed by atoms with Gasteiger partial charge in [-0.05, 0) is 49.4 Å². The number of hydrogen-bond acceptors (Lipinski definition) is 3. The van der Waals surface area contributed by atoms with Crippen molar-refractivity contribution in [3.63, 3.8) is 0 Å². The Morgan fingerprint density at radius 3 is 2.58 bits per heavy atom. The molecular weight excluding hydrogens is 347 g/mol. The molecular formula is C17H14Cl2N4O. The predicted octanol–water partition coefficient (Wildman–Crippen LogP) is 4.23. The van der Waals surface area contributed by atoms with Gasteiger partial charge in [-0.15, -0.1) is 0 Å². The molecule has 1 heterocycles. The molecule has 0 fully saturated rings. The molecule has 122 valence electrons. The smallest absolute Gasteiger partial charge is 0.280 e. The topological polar surface area (TPSA) is 62.2 Å². The minimum Gasteiger partial charge on any atom is -0.295 e. The van der Waals surface area contributed by atoms with E-state index >= 15 is 0 Å². The molecule has 0 saturated carbocycles. The summed E-state index contributed by atoms with van der Waals surface area (Å²) in [4.78, 5) is 12.5. The third kappa shape index (κ3) is 3.53. The molecule has 0 aliphatic heterocycles. The minimum absolute atomic E-state index is 0.188. The Hall–Kier alpha value is -2.50. The summed E-state index contributed by atoms with van der Waals surface area (Å²) in [5, 5.41) is 8.36. The third-order valence-electron chi connectivity index (χ3n) is 3.41. The summed E-state index contributed by atoms with van der Waals surface area (Å²) in [6.45, 7) is 1.81. The zero-order valence-corrected chi connectivity index (χ0v) is 14.3. The lowest BCUT2D eigenvalue weighted by Gasteiger charge is -2.00. The third-order valence-corrected chi connectivity index (χ3v) is 3.90. The number of aromatic nitrogens is 2. The molecule has 0 atom stereocenters. The van der Waals surface area contributed by atoms with Crippen LogP contribution in [0, 0.1) is 6.92 Å². The Morgan fingerprint density at radius 1 is 1.12 bits per heavy atom. The van der Waals surface area contributed by atoms with Crippen molar-refractivity contribution in [2.24, 2.45) is 5.10 Å². The van der Waals surface area contributed by atoms with Crippen molar-refractivity contribution >= 4 is 35.1 Å². The summed E-state index contributed by atoms with van der Waals surface area (Å²) in [6, 6.07) is 14.2. The number of benzene rings is 2. The molecule has 0 amide bonds. The quantitative estimate of drug-likeness (QED) is 0.540. The first kappa shape index (κ1) is 16.4. The van der Waals surface area contributed by atoms with Crippen molar-refractivity contribution in [3.8, 4) is 5.69 Å². The van der Waals surface area contributed by atoms with Gasteiger partial charge >= 0.3 is 0 Å². The van der Waals surface area contributed by atoms with Crippen LogP contribution in [0.25, 0.3) is 5.69 Å². The zero-order valence-electron chi connectivity index (χ0n) is 12.8. The van der Waals surface area contributed by atoms with Gasteiger partial charge in [0.15, 0.2) is 0 Å². The largest absolute Gasteiger partial charge is 0.295 e. The number of aryl methyl sites for hydroxylation is 1. The number of nitrogens with one attached hydrogen (secondary N) is 2. The number of rotatable bonds is 4. The van der Waals surface area contributed by atoms with Gasteiger partial charge in [-0.3, -0.25) is 15.3 Å². The van der Waals surface area contributed by atoms with Gasteiger partial charge < -0.3 is 0 Å². The Kier molecular flexibility index (Phi) is 4.74. The second-order valence-electron chi connectivity index (χ2n) is 5.15. The van der Waals surface area contributed by atoms with E-state index in [4.69, 9.17) is 23.2 Å². The highest BCUT2D eigenvalue weighted by atomic mass is 35.5. The lowest BCUT2D eigenvalue weighted by molar-refractivity contribution is 0.835. The highest BCUT2D eigenvalue weighted by molar-refractivity contribution is 6.31. The molecule has 0 unspecified atom stereocenters. The zero-order chi connectivity index (χ0) is 17.1. The Labute approximate surface area is 148 Å². The number of anilines is 1. The highest BCUT2D eigenvalue weighted by Crippen LogP contribution is 2.15. The van der Waals surface area contributed by atoms with Crippen LogP contribution in [0.15, 0.2) is 58.4 Å². The van der Waals surface area contributed by atoms with E-state index in [1.165, 1.54) is 10.9 Å². The number of aromatic amines is 1.